The maximum absolute atomic E-state index is 10.2. The molecular formula is C19H14Cl2N4O2. The Labute approximate surface area is 166 Å². The lowest BCUT2D eigenvalue weighted by molar-refractivity contribution is -0.294. The molecule has 8 heteroatoms. The first-order valence-corrected chi connectivity index (χ1v) is 9.31. The maximum Gasteiger partial charge on any atom is 0.217 e. The van der Waals surface area contributed by atoms with Crippen LogP contribution in [0.3, 0.4) is 0 Å². The number of nitrogens with zero attached hydrogens (tertiary/aromatic N) is 3. The van der Waals surface area contributed by atoms with Crippen LogP contribution < -0.4 is 0 Å². The van der Waals surface area contributed by atoms with Gasteiger partial charge in [-0.1, -0.05) is 35.7 Å². The predicted octanol–water partition coefficient (Wildman–Crippen LogP) is 4.50. The molecule has 0 spiro atoms. The van der Waals surface area contributed by atoms with Crippen molar-refractivity contribution in [3.63, 3.8) is 0 Å². The van der Waals surface area contributed by atoms with Crippen LogP contribution in [0.1, 0.15) is 37.4 Å². The third kappa shape index (κ3) is 2.00. The molecule has 1 N–H and O–H groups in total. The molecule has 1 aromatic rings. The molecule has 0 unspecified atom stereocenters. The molecule has 0 radical (unpaired) electrons. The lowest BCUT2D eigenvalue weighted by atomic mass is 9.51. The van der Waals surface area contributed by atoms with Gasteiger partial charge in [0.15, 0.2) is 5.41 Å². The summed E-state index contributed by atoms with van der Waals surface area (Å²) < 4.78 is 12.1. The fourth-order valence-electron chi connectivity index (χ4n) is 4.85. The summed E-state index contributed by atoms with van der Waals surface area (Å²) in [7, 11) is 0. The number of rotatable bonds is 1. The van der Waals surface area contributed by atoms with Gasteiger partial charge in [0.05, 0.1) is 24.1 Å². The summed E-state index contributed by atoms with van der Waals surface area (Å²) in [6.45, 7) is 0. The summed E-state index contributed by atoms with van der Waals surface area (Å²) >= 11 is 12.3. The van der Waals surface area contributed by atoms with Crippen molar-refractivity contribution in [2.75, 3.05) is 0 Å². The van der Waals surface area contributed by atoms with E-state index in [0.717, 1.165) is 12.8 Å². The molecule has 3 fully saturated rings. The van der Waals surface area contributed by atoms with Crippen LogP contribution in [-0.2, 0) is 9.47 Å². The molecule has 2 heterocycles. The summed E-state index contributed by atoms with van der Waals surface area (Å²) in [4.78, 5) is 0. The fraction of sp³-hybridized carbons (Fsp3) is 0.474. The van der Waals surface area contributed by atoms with Crippen LogP contribution in [-0.4, -0.2) is 11.7 Å². The van der Waals surface area contributed by atoms with E-state index in [9.17, 15) is 15.8 Å². The highest BCUT2D eigenvalue weighted by Crippen LogP contribution is 2.69. The molecule has 2 aliphatic heterocycles. The van der Waals surface area contributed by atoms with Crippen LogP contribution in [0.5, 0.6) is 0 Å². The van der Waals surface area contributed by atoms with E-state index >= 15 is 0 Å². The molecule has 6 nitrogen and oxygen atoms in total. The van der Waals surface area contributed by atoms with E-state index in [-0.39, 0.29) is 10.9 Å². The molecular weight excluding hydrogens is 387 g/mol. The van der Waals surface area contributed by atoms with E-state index in [0.29, 0.717) is 23.4 Å². The Bertz CT molecular complexity index is 961. The van der Waals surface area contributed by atoms with Crippen molar-refractivity contribution in [3.05, 3.63) is 33.8 Å². The lowest BCUT2D eigenvalue weighted by Gasteiger charge is -2.51. The molecule has 4 rings (SSSR count). The summed E-state index contributed by atoms with van der Waals surface area (Å²) in [5.41, 5.74) is -3.31. The van der Waals surface area contributed by atoms with Gasteiger partial charge in [0.25, 0.3) is 0 Å². The Morgan fingerprint density at radius 3 is 2.48 bits per heavy atom. The Hall–Kier alpha value is -2.30. The van der Waals surface area contributed by atoms with Gasteiger partial charge in [0.1, 0.15) is 6.10 Å². The first kappa shape index (κ1) is 18.1. The summed E-state index contributed by atoms with van der Waals surface area (Å²) in [5, 5.41) is 39.5. The van der Waals surface area contributed by atoms with Gasteiger partial charge in [0, 0.05) is 22.0 Å². The number of nitrogens with one attached hydrogen (secondary N) is 1. The third-order valence-electron chi connectivity index (χ3n) is 6.06. The van der Waals surface area contributed by atoms with Crippen LogP contribution in [0.25, 0.3) is 0 Å². The topological polar surface area (TPSA) is 114 Å². The first-order valence-electron chi connectivity index (χ1n) is 8.55. The molecule has 27 heavy (non-hydrogen) atoms. The molecule has 0 amide bonds. The van der Waals surface area contributed by atoms with Crippen LogP contribution in [0.4, 0.5) is 0 Å². The summed E-state index contributed by atoms with van der Waals surface area (Å²) in [6, 6.07) is 10.8. The van der Waals surface area contributed by atoms with Gasteiger partial charge in [-0.2, -0.15) is 15.8 Å². The SMILES string of the molecule is N#CC1(C#N)[C@H](c2ccc(Cl)cc2Cl)O[C@@]23CCCC[C@H]2[C@@]1(C#N)C(=N)O3. The molecule has 2 saturated heterocycles. The van der Waals surface area contributed by atoms with Crippen molar-refractivity contribution in [2.24, 2.45) is 16.7 Å². The van der Waals surface area contributed by atoms with Crippen LogP contribution in [0.15, 0.2) is 18.2 Å². The van der Waals surface area contributed by atoms with Crippen molar-refractivity contribution in [1.29, 1.82) is 21.2 Å². The predicted molar refractivity (Wildman–Crippen MR) is 95.5 cm³/mol. The molecule has 1 aliphatic carbocycles. The van der Waals surface area contributed by atoms with Crippen molar-refractivity contribution in [2.45, 2.75) is 37.6 Å². The normalized spacial score (nSPS) is 35.9. The van der Waals surface area contributed by atoms with E-state index in [1.807, 2.05) is 12.1 Å². The Balaban J connectivity index is 2.02. The van der Waals surface area contributed by atoms with Gasteiger partial charge in [-0.3, -0.25) is 5.41 Å². The van der Waals surface area contributed by atoms with Gasteiger partial charge in [-0.15, -0.1) is 0 Å². The van der Waals surface area contributed by atoms with Gasteiger partial charge in [-0.25, -0.2) is 0 Å². The second-order valence-electron chi connectivity index (χ2n) is 7.16. The number of hydrogen-bond donors (Lipinski definition) is 1. The third-order valence-corrected chi connectivity index (χ3v) is 6.62. The minimum atomic E-state index is -1.97. The zero-order chi connectivity index (χ0) is 19.4. The van der Waals surface area contributed by atoms with Gasteiger partial charge in [0.2, 0.25) is 17.1 Å². The zero-order valence-corrected chi connectivity index (χ0v) is 15.6. The van der Waals surface area contributed by atoms with Crippen molar-refractivity contribution in [1.82, 2.24) is 0 Å². The number of hydrogen-bond acceptors (Lipinski definition) is 6. The quantitative estimate of drug-likeness (QED) is 0.744. The van der Waals surface area contributed by atoms with Gasteiger partial charge >= 0.3 is 0 Å². The highest BCUT2D eigenvalue weighted by molar-refractivity contribution is 6.35. The number of halogens is 2. The first-order chi connectivity index (χ1) is 12.9. The smallest absolute Gasteiger partial charge is 0.217 e. The van der Waals surface area contributed by atoms with Crippen LogP contribution >= 0.6 is 23.2 Å². The zero-order valence-electron chi connectivity index (χ0n) is 14.1. The highest BCUT2D eigenvalue weighted by Gasteiger charge is 2.80. The Morgan fingerprint density at radius 2 is 1.85 bits per heavy atom. The van der Waals surface area contributed by atoms with Crippen LogP contribution in [0, 0.1) is 56.2 Å². The molecule has 1 aromatic carbocycles. The number of ether oxygens (including phenoxy) is 2. The summed E-state index contributed by atoms with van der Waals surface area (Å²) in [6.07, 6.45) is 1.50. The van der Waals surface area contributed by atoms with Gasteiger partial charge < -0.3 is 9.47 Å². The fourth-order valence-corrected chi connectivity index (χ4v) is 5.36. The largest absolute Gasteiger partial charge is 0.447 e. The second kappa shape index (κ2) is 5.85. The van der Waals surface area contributed by atoms with Crippen LogP contribution in [0.2, 0.25) is 10.0 Å². The van der Waals surface area contributed by atoms with E-state index in [4.69, 9.17) is 38.1 Å². The average Bonchev–Trinajstić information content (AvgIpc) is 2.87. The number of nitriles is 3. The monoisotopic (exact) mass is 400 g/mol. The molecule has 4 atom stereocenters. The maximum atomic E-state index is 10.2. The Morgan fingerprint density at radius 1 is 1.11 bits per heavy atom. The van der Waals surface area contributed by atoms with E-state index in [1.165, 1.54) is 6.07 Å². The minimum Gasteiger partial charge on any atom is -0.447 e. The highest BCUT2D eigenvalue weighted by atomic mass is 35.5. The van der Waals surface area contributed by atoms with Gasteiger partial charge in [-0.05, 0) is 25.0 Å². The lowest BCUT2D eigenvalue weighted by Crippen LogP contribution is -2.60. The van der Waals surface area contributed by atoms with Crippen molar-refractivity contribution < 1.29 is 9.47 Å². The van der Waals surface area contributed by atoms with Crippen molar-refractivity contribution >= 4 is 29.1 Å². The minimum absolute atomic E-state index is 0.229. The van der Waals surface area contributed by atoms with E-state index in [2.05, 4.69) is 6.07 Å². The molecule has 0 aromatic heterocycles. The second-order valence-corrected chi connectivity index (χ2v) is 8.00. The van der Waals surface area contributed by atoms with E-state index in [1.54, 1.807) is 12.1 Å². The Kier molecular flexibility index (Phi) is 3.92. The summed E-state index contributed by atoms with van der Waals surface area (Å²) in [5.74, 6) is -2.12. The molecule has 136 valence electrons. The number of benzene rings is 1. The standard InChI is InChI=1S/C19H14Cl2N4O2/c20-11-4-5-12(13(21)7-11)15-17(8-22,9-23)18(10-24)14-3-1-2-6-19(14,26-15)27-16(18)25/h4-5,7,14-15,25H,1-3,6H2/t14-,15-,18-,19+/m0/s1. The van der Waals surface area contributed by atoms with E-state index < -0.39 is 28.6 Å². The average molecular weight is 401 g/mol. The molecule has 2 bridgehead atoms. The molecule has 1 saturated carbocycles. The van der Waals surface area contributed by atoms with Crippen molar-refractivity contribution in [3.8, 4) is 18.2 Å². The molecule has 3 aliphatic rings.